The fourth-order valence-corrected chi connectivity index (χ4v) is 4.46. The Kier molecular flexibility index (Phi) is 4.44. The summed E-state index contributed by atoms with van der Waals surface area (Å²) in [5.41, 5.74) is 6.72. The average Bonchev–Trinajstić information content (AvgIpc) is 3.07. The molecule has 2 heterocycles. The van der Waals surface area contributed by atoms with E-state index in [0.29, 0.717) is 0 Å². The zero-order valence-corrected chi connectivity index (χ0v) is 16.6. The fourth-order valence-electron chi connectivity index (χ4n) is 4.46. The minimum absolute atomic E-state index is 0.111. The molecule has 1 aromatic heterocycles. The minimum Gasteiger partial charge on any atom is -0.336 e. The summed E-state index contributed by atoms with van der Waals surface area (Å²) in [5, 5.41) is 1.23. The van der Waals surface area contributed by atoms with Crippen molar-refractivity contribution in [2.24, 2.45) is 0 Å². The predicted octanol–water partition coefficient (Wildman–Crippen LogP) is 5.40. The Bertz CT molecular complexity index is 1180. The van der Waals surface area contributed by atoms with Crippen molar-refractivity contribution in [1.82, 2.24) is 4.57 Å². The number of aryl methyl sites for hydroxylation is 3. The number of hydrogen-bond donors (Lipinski definition) is 0. The molecule has 0 bridgehead atoms. The Hall–Kier alpha value is -3.33. The largest absolute Gasteiger partial charge is 0.336 e. The van der Waals surface area contributed by atoms with Crippen molar-refractivity contribution in [2.45, 2.75) is 26.3 Å². The smallest absolute Gasteiger partial charge is 0.275 e. The van der Waals surface area contributed by atoms with E-state index in [0.717, 1.165) is 37.3 Å². The number of amides is 1. The third-order valence-electron chi connectivity index (χ3n) is 5.89. The molecule has 0 unspecified atom stereocenters. The zero-order chi connectivity index (χ0) is 19.8. The predicted molar refractivity (Wildman–Crippen MR) is 119 cm³/mol. The zero-order valence-electron chi connectivity index (χ0n) is 16.6. The van der Waals surface area contributed by atoms with Gasteiger partial charge in [0, 0.05) is 29.7 Å². The van der Waals surface area contributed by atoms with Crippen molar-refractivity contribution < 1.29 is 4.79 Å². The molecule has 0 aliphatic carbocycles. The lowest BCUT2D eigenvalue weighted by Crippen LogP contribution is -2.38. The maximum Gasteiger partial charge on any atom is 0.275 e. The Morgan fingerprint density at radius 3 is 2.38 bits per heavy atom. The molecule has 1 aliphatic rings. The second-order valence-corrected chi connectivity index (χ2v) is 7.78. The number of aromatic nitrogens is 1. The average molecular weight is 380 g/mol. The lowest BCUT2D eigenvalue weighted by molar-refractivity contribution is 0.0972. The molecule has 4 aromatic rings. The second-order valence-electron chi connectivity index (χ2n) is 7.78. The van der Waals surface area contributed by atoms with Crippen LogP contribution in [0.15, 0.2) is 78.9 Å². The number of para-hydroxylation sites is 1. The van der Waals surface area contributed by atoms with Gasteiger partial charge in [-0.25, -0.2) is 0 Å². The van der Waals surface area contributed by atoms with Crippen LogP contribution in [0.1, 0.15) is 27.2 Å². The van der Waals surface area contributed by atoms with E-state index in [4.69, 9.17) is 0 Å². The van der Waals surface area contributed by atoms with Crippen molar-refractivity contribution in [3.8, 4) is 0 Å². The Morgan fingerprint density at radius 1 is 0.897 bits per heavy atom. The van der Waals surface area contributed by atoms with Gasteiger partial charge in [-0.05, 0) is 55.2 Å². The highest BCUT2D eigenvalue weighted by atomic mass is 16.2. The molecule has 0 atom stereocenters. The van der Waals surface area contributed by atoms with Crippen LogP contribution >= 0.6 is 0 Å². The molecule has 0 saturated heterocycles. The van der Waals surface area contributed by atoms with Gasteiger partial charge in [0.15, 0.2) is 0 Å². The van der Waals surface area contributed by atoms with Gasteiger partial charge in [-0.3, -0.25) is 4.79 Å². The van der Waals surface area contributed by atoms with E-state index in [-0.39, 0.29) is 5.91 Å². The number of anilines is 1. The van der Waals surface area contributed by atoms with Gasteiger partial charge < -0.3 is 9.47 Å². The molecule has 5 rings (SSSR count). The van der Waals surface area contributed by atoms with Gasteiger partial charge in [-0.15, -0.1) is 0 Å². The summed E-state index contributed by atoms with van der Waals surface area (Å²) in [6.45, 7) is 3.64. The molecular formula is C26H24N2O. The number of nitrogens with zero attached hydrogens (tertiary/aromatic N) is 2. The molecule has 3 nitrogen and oxygen atoms in total. The Morgan fingerprint density at radius 2 is 1.62 bits per heavy atom. The molecule has 0 fully saturated rings. The van der Waals surface area contributed by atoms with Crippen LogP contribution in [0.2, 0.25) is 0 Å². The van der Waals surface area contributed by atoms with E-state index < -0.39 is 0 Å². The first-order chi connectivity index (χ1) is 14.2. The third kappa shape index (κ3) is 3.13. The first-order valence-corrected chi connectivity index (χ1v) is 10.2. The number of benzene rings is 3. The summed E-state index contributed by atoms with van der Waals surface area (Å²) >= 11 is 0. The van der Waals surface area contributed by atoms with Crippen molar-refractivity contribution in [1.29, 1.82) is 0 Å². The molecule has 1 aliphatic heterocycles. The molecule has 3 aromatic carbocycles. The van der Waals surface area contributed by atoms with E-state index in [1.54, 1.807) is 0 Å². The highest BCUT2D eigenvalue weighted by Gasteiger charge is 2.31. The summed E-state index contributed by atoms with van der Waals surface area (Å²) in [5.74, 6) is 0.111. The quantitative estimate of drug-likeness (QED) is 0.466. The van der Waals surface area contributed by atoms with Crippen LogP contribution in [0.4, 0.5) is 5.69 Å². The van der Waals surface area contributed by atoms with Gasteiger partial charge in [0.1, 0.15) is 5.69 Å². The van der Waals surface area contributed by atoms with Crippen LogP contribution in [-0.2, 0) is 19.4 Å². The van der Waals surface area contributed by atoms with Crippen LogP contribution in [-0.4, -0.2) is 17.0 Å². The van der Waals surface area contributed by atoms with Gasteiger partial charge >= 0.3 is 0 Å². The van der Waals surface area contributed by atoms with Gasteiger partial charge in [0.05, 0.1) is 0 Å². The number of carbonyl (C=O) groups is 1. The van der Waals surface area contributed by atoms with Crippen molar-refractivity contribution in [3.63, 3.8) is 0 Å². The second kappa shape index (κ2) is 7.25. The molecule has 0 radical (unpaired) electrons. The minimum atomic E-state index is 0.111. The van der Waals surface area contributed by atoms with Gasteiger partial charge in [-0.1, -0.05) is 60.2 Å². The number of fused-ring (bicyclic) bond motifs is 3. The lowest BCUT2D eigenvalue weighted by Gasteiger charge is -2.28. The number of carbonyl (C=O) groups excluding carboxylic acids is 1. The molecule has 29 heavy (non-hydrogen) atoms. The van der Waals surface area contributed by atoms with Crippen molar-refractivity contribution >= 4 is 22.5 Å². The number of rotatable bonds is 4. The first-order valence-electron chi connectivity index (χ1n) is 10.2. The summed E-state index contributed by atoms with van der Waals surface area (Å²) in [4.78, 5) is 15.5. The first kappa shape index (κ1) is 17.7. The van der Waals surface area contributed by atoms with Gasteiger partial charge in [0.2, 0.25) is 0 Å². The van der Waals surface area contributed by atoms with Gasteiger partial charge in [-0.2, -0.15) is 0 Å². The number of hydrogen-bond acceptors (Lipinski definition) is 1. The van der Waals surface area contributed by atoms with E-state index in [2.05, 4.69) is 54.0 Å². The normalized spacial score (nSPS) is 13.7. The highest BCUT2D eigenvalue weighted by Crippen LogP contribution is 2.33. The maximum absolute atomic E-state index is 13.6. The van der Waals surface area contributed by atoms with Crippen LogP contribution in [0, 0.1) is 6.92 Å². The summed E-state index contributed by atoms with van der Waals surface area (Å²) in [6, 6.07) is 27.1. The Labute approximate surface area is 171 Å². The monoisotopic (exact) mass is 380 g/mol. The molecule has 0 saturated carbocycles. The topological polar surface area (TPSA) is 25.2 Å². The van der Waals surface area contributed by atoms with Crippen molar-refractivity contribution in [3.05, 3.63) is 101 Å². The molecule has 0 spiro atoms. The van der Waals surface area contributed by atoms with Crippen LogP contribution in [0.25, 0.3) is 10.9 Å². The summed E-state index contributed by atoms with van der Waals surface area (Å²) < 4.78 is 2.24. The molecule has 0 N–H and O–H groups in total. The highest BCUT2D eigenvalue weighted by molar-refractivity contribution is 6.11. The molecule has 1 amide bonds. The SMILES string of the molecule is Cc1ccc2c(c1)c1c(n2CCc2ccccc2)C(=O)N(c2ccccc2)CC1. The van der Waals surface area contributed by atoms with Gasteiger partial charge in [0.25, 0.3) is 5.91 Å². The fraction of sp³-hybridized carbons (Fsp3) is 0.192. The molecule has 144 valence electrons. The Balaban J connectivity index is 1.61. The lowest BCUT2D eigenvalue weighted by atomic mass is 10.0. The van der Waals surface area contributed by atoms with Crippen LogP contribution < -0.4 is 4.90 Å². The van der Waals surface area contributed by atoms with E-state index in [1.807, 2.05) is 41.3 Å². The van der Waals surface area contributed by atoms with E-state index >= 15 is 0 Å². The molecular weight excluding hydrogens is 356 g/mol. The van der Waals surface area contributed by atoms with E-state index in [9.17, 15) is 4.79 Å². The standard InChI is InChI=1S/C26H24N2O/c1-19-12-13-24-23(18-19)22-15-17-27(21-10-6-3-7-11-21)26(29)25(22)28(24)16-14-20-8-4-2-5-9-20/h2-13,18H,14-17H2,1H3. The van der Waals surface area contributed by atoms with Crippen LogP contribution in [0.5, 0.6) is 0 Å². The molecule has 3 heteroatoms. The van der Waals surface area contributed by atoms with Crippen LogP contribution in [0.3, 0.4) is 0 Å². The third-order valence-corrected chi connectivity index (χ3v) is 5.89. The summed E-state index contributed by atoms with van der Waals surface area (Å²) in [6.07, 6.45) is 1.79. The summed E-state index contributed by atoms with van der Waals surface area (Å²) in [7, 11) is 0. The van der Waals surface area contributed by atoms with E-state index in [1.165, 1.54) is 27.6 Å². The maximum atomic E-state index is 13.6. The van der Waals surface area contributed by atoms with Crippen molar-refractivity contribution in [2.75, 3.05) is 11.4 Å².